The van der Waals surface area contributed by atoms with Crippen LogP contribution in [0.4, 0.5) is 0 Å². The molecule has 108 valence electrons. The van der Waals surface area contributed by atoms with Gasteiger partial charge in [0.1, 0.15) is 11.9 Å². The standard InChI is InChI=1S/C14H17NO4S/c1-20(17,18)12-6-4-11(5-7-12)9-15-10-13(16)14-3-2-8-19-14/h2-8,13,15-16H,9-10H2,1H3. The summed E-state index contributed by atoms with van der Waals surface area (Å²) in [7, 11) is -3.16. The van der Waals surface area contributed by atoms with E-state index in [1.165, 1.54) is 12.5 Å². The number of sulfone groups is 1. The van der Waals surface area contributed by atoms with E-state index in [0.717, 1.165) is 5.56 Å². The first-order valence-electron chi connectivity index (χ1n) is 6.18. The zero-order valence-electron chi connectivity index (χ0n) is 11.1. The second-order valence-electron chi connectivity index (χ2n) is 4.58. The lowest BCUT2D eigenvalue weighted by Crippen LogP contribution is -2.20. The summed E-state index contributed by atoms with van der Waals surface area (Å²) in [5.74, 6) is 0.518. The van der Waals surface area contributed by atoms with Crippen molar-refractivity contribution in [1.29, 1.82) is 0 Å². The van der Waals surface area contributed by atoms with Crippen molar-refractivity contribution in [3.63, 3.8) is 0 Å². The molecule has 2 aromatic rings. The van der Waals surface area contributed by atoms with Crippen molar-refractivity contribution in [2.45, 2.75) is 17.5 Å². The van der Waals surface area contributed by atoms with Crippen molar-refractivity contribution in [3.05, 3.63) is 54.0 Å². The molecular formula is C14H17NO4S. The summed E-state index contributed by atoms with van der Waals surface area (Å²) < 4.78 is 27.7. The van der Waals surface area contributed by atoms with Crippen LogP contribution in [-0.4, -0.2) is 26.3 Å². The van der Waals surface area contributed by atoms with Crippen molar-refractivity contribution in [1.82, 2.24) is 5.32 Å². The fraction of sp³-hybridized carbons (Fsp3) is 0.286. The zero-order chi connectivity index (χ0) is 14.6. The highest BCUT2D eigenvalue weighted by Crippen LogP contribution is 2.13. The quantitative estimate of drug-likeness (QED) is 0.844. The monoisotopic (exact) mass is 295 g/mol. The van der Waals surface area contributed by atoms with Gasteiger partial charge in [-0.1, -0.05) is 12.1 Å². The van der Waals surface area contributed by atoms with Gasteiger partial charge in [-0.3, -0.25) is 0 Å². The lowest BCUT2D eigenvalue weighted by Gasteiger charge is -2.09. The molecule has 20 heavy (non-hydrogen) atoms. The molecule has 0 spiro atoms. The number of nitrogens with one attached hydrogen (secondary N) is 1. The fourth-order valence-corrected chi connectivity index (χ4v) is 2.42. The molecule has 1 aromatic carbocycles. The molecule has 0 aliphatic rings. The van der Waals surface area contributed by atoms with Gasteiger partial charge in [0.2, 0.25) is 0 Å². The molecule has 0 fully saturated rings. The molecule has 1 atom stereocenters. The van der Waals surface area contributed by atoms with E-state index >= 15 is 0 Å². The van der Waals surface area contributed by atoms with Gasteiger partial charge in [0.05, 0.1) is 11.2 Å². The Balaban J connectivity index is 1.86. The van der Waals surface area contributed by atoms with Crippen LogP contribution in [0.2, 0.25) is 0 Å². The molecule has 0 aliphatic heterocycles. The fourth-order valence-electron chi connectivity index (χ4n) is 1.79. The highest BCUT2D eigenvalue weighted by molar-refractivity contribution is 7.90. The Kier molecular flexibility index (Phi) is 4.59. The second kappa shape index (κ2) is 6.21. The van der Waals surface area contributed by atoms with E-state index in [1.54, 1.807) is 36.4 Å². The number of hydrogen-bond acceptors (Lipinski definition) is 5. The Bertz CT molecular complexity index is 632. The van der Waals surface area contributed by atoms with E-state index < -0.39 is 15.9 Å². The maximum atomic E-state index is 11.3. The predicted octanol–water partition coefficient (Wildman–Crippen LogP) is 1.51. The molecule has 1 heterocycles. The topological polar surface area (TPSA) is 79.5 Å². The van der Waals surface area contributed by atoms with Crippen LogP contribution in [0.15, 0.2) is 52.0 Å². The van der Waals surface area contributed by atoms with Crippen LogP contribution in [0, 0.1) is 0 Å². The SMILES string of the molecule is CS(=O)(=O)c1ccc(CNCC(O)c2ccco2)cc1. The third-order valence-electron chi connectivity index (χ3n) is 2.89. The maximum absolute atomic E-state index is 11.3. The van der Waals surface area contributed by atoms with E-state index in [4.69, 9.17) is 4.42 Å². The largest absolute Gasteiger partial charge is 0.467 e. The van der Waals surface area contributed by atoms with Crippen LogP contribution in [0.5, 0.6) is 0 Å². The number of furan rings is 1. The van der Waals surface area contributed by atoms with E-state index in [1.807, 2.05) is 0 Å². The molecule has 0 aliphatic carbocycles. The normalized spacial score (nSPS) is 13.3. The Hall–Kier alpha value is -1.63. The summed E-state index contributed by atoms with van der Waals surface area (Å²) in [6.45, 7) is 0.906. The second-order valence-corrected chi connectivity index (χ2v) is 6.59. The highest BCUT2D eigenvalue weighted by atomic mass is 32.2. The number of hydrogen-bond donors (Lipinski definition) is 2. The summed E-state index contributed by atoms with van der Waals surface area (Å²) in [5, 5.41) is 12.9. The Morgan fingerprint density at radius 3 is 2.50 bits per heavy atom. The third kappa shape index (κ3) is 3.93. The summed E-state index contributed by atoms with van der Waals surface area (Å²) in [6, 6.07) is 10.1. The molecule has 2 rings (SSSR count). The van der Waals surface area contributed by atoms with E-state index in [2.05, 4.69) is 5.32 Å². The van der Waals surface area contributed by atoms with Crippen molar-refractivity contribution in [2.75, 3.05) is 12.8 Å². The smallest absolute Gasteiger partial charge is 0.175 e. The molecule has 0 amide bonds. The van der Waals surface area contributed by atoms with Gasteiger partial charge in [0.15, 0.2) is 9.84 Å². The average molecular weight is 295 g/mol. The summed E-state index contributed by atoms with van der Waals surface area (Å²) in [4.78, 5) is 0.303. The van der Waals surface area contributed by atoms with Crippen LogP contribution in [-0.2, 0) is 16.4 Å². The third-order valence-corrected chi connectivity index (χ3v) is 4.02. The summed E-state index contributed by atoms with van der Waals surface area (Å²) >= 11 is 0. The molecule has 0 bridgehead atoms. The van der Waals surface area contributed by atoms with E-state index in [0.29, 0.717) is 23.7 Å². The first-order valence-corrected chi connectivity index (χ1v) is 8.07. The van der Waals surface area contributed by atoms with Crippen molar-refractivity contribution >= 4 is 9.84 Å². The molecule has 1 aromatic heterocycles. The first kappa shape index (κ1) is 14.8. The molecule has 0 radical (unpaired) electrons. The van der Waals surface area contributed by atoms with Gasteiger partial charge >= 0.3 is 0 Å². The van der Waals surface area contributed by atoms with Gasteiger partial charge in [-0.25, -0.2) is 8.42 Å². The lowest BCUT2D eigenvalue weighted by atomic mass is 10.2. The van der Waals surface area contributed by atoms with Gasteiger partial charge in [-0.15, -0.1) is 0 Å². The summed E-state index contributed by atoms with van der Waals surface area (Å²) in [6.07, 6.45) is 2.00. The Morgan fingerprint density at radius 1 is 1.25 bits per heavy atom. The average Bonchev–Trinajstić information content (AvgIpc) is 2.92. The minimum Gasteiger partial charge on any atom is -0.467 e. The van der Waals surface area contributed by atoms with Gasteiger partial charge in [0, 0.05) is 19.3 Å². The van der Waals surface area contributed by atoms with E-state index in [9.17, 15) is 13.5 Å². The molecular weight excluding hydrogens is 278 g/mol. The zero-order valence-corrected chi connectivity index (χ0v) is 11.9. The molecule has 0 saturated carbocycles. The predicted molar refractivity (Wildman–Crippen MR) is 74.9 cm³/mol. The van der Waals surface area contributed by atoms with Crippen molar-refractivity contribution < 1.29 is 17.9 Å². The minimum absolute atomic E-state index is 0.303. The van der Waals surface area contributed by atoms with Crippen LogP contribution in [0.25, 0.3) is 0 Å². The Morgan fingerprint density at radius 2 is 1.95 bits per heavy atom. The van der Waals surface area contributed by atoms with Gasteiger partial charge in [-0.2, -0.15) is 0 Å². The molecule has 6 heteroatoms. The number of aliphatic hydroxyl groups excluding tert-OH is 1. The first-order chi connectivity index (χ1) is 9.47. The number of benzene rings is 1. The van der Waals surface area contributed by atoms with Crippen molar-refractivity contribution in [2.24, 2.45) is 0 Å². The highest BCUT2D eigenvalue weighted by Gasteiger charge is 2.10. The van der Waals surface area contributed by atoms with Crippen LogP contribution < -0.4 is 5.32 Å². The molecule has 1 unspecified atom stereocenters. The maximum Gasteiger partial charge on any atom is 0.175 e. The van der Waals surface area contributed by atoms with Crippen molar-refractivity contribution in [3.8, 4) is 0 Å². The summed E-state index contributed by atoms with van der Waals surface area (Å²) in [5.41, 5.74) is 0.948. The van der Waals surface area contributed by atoms with Crippen LogP contribution in [0.3, 0.4) is 0 Å². The minimum atomic E-state index is -3.16. The van der Waals surface area contributed by atoms with Gasteiger partial charge < -0.3 is 14.8 Å². The van der Waals surface area contributed by atoms with Gasteiger partial charge in [0.25, 0.3) is 0 Å². The van der Waals surface area contributed by atoms with Crippen LogP contribution >= 0.6 is 0 Å². The Labute approximate surface area is 118 Å². The molecule has 0 saturated heterocycles. The van der Waals surface area contributed by atoms with Gasteiger partial charge in [-0.05, 0) is 29.8 Å². The number of aliphatic hydroxyl groups is 1. The molecule has 2 N–H and O–H groups in total. The van der Waals surface area contributed by atoms with E-state index in [-0.39, 0.29) is 0 Å². The lowest BCUT2D eigenvalue weighted by molar-refractivity contribution is 0.147. The molecule has 5 nitrogen and oxygen atoms in total. The number of rotatable bonds is 6. The van der Waals surface area contributed by atoms with Crippen LogP contribution in [0.1, 0.15) is 17.4 Å².